The minimum absolute atomic E-state index is 0.104. The van der Waals surface area contributed by atoms with Crippen LogP contribution >= 0.6 is 27.5 Å². The summed E-state index contributed by atoms with van der Waals surface area (Å²) in [5, 5.41) is 1.23. The van der Waals surface area contributed by atoms with Gasteiger partial charge in [-0.15, -0.1) is 0 Å². The van der Waals surface area contributed by atoms with E-state index < -0.39 is 5.60 Å². The van der Waals surface area contributed by atoms with E-state index in [1.807, 2.05) is 40.7 Å². The van der Waals surface area contributed by atoms with Gasteiger partial charge in [0.25, 0.3) is 0 Å². The number of benzene rings is 1. The van der Waals surface area contributed by atoms with Crippen LogP contribution in [0, 0.1) is 5.41 Å². The first kappa shape index (κ1) is 24.6. The van der Waals surface area contributed by atoms with Gasteiger partial charge in [-0.2, -0.15) is 4.98 Å². The monoisotopic (exact) mass is 568 g/mol. The summed E-state index contributed by atoms with van der Waals surface area (Å²) < 4.78 is 19.6. The predicted molar refractivity (Wildman–Crippen MR) is 137 cm³/mol. The Morgan fingerprint density at radius 3 is 2.57 bits per heavy atom. The number of carbonyl (C=O) groups excluding carboxylic acids is 1. The van der Waals surface area contributed by atoms with Crippen molar-refractivity contribution in [2.45, 2.75) is 58.8 Å². The topological polar surface area (TPSA) is 86.1 Å². The molecule has 0 unspecified atom stereocenters. The summed E-state index contributed by atoms with van der Waals surface area (Å²) in [5.41, 5.74) is -0.496. The molecule has 5 rings (SSSR count). The second kappa shape index (κ2) is 8.52. The number of hydrogen-bond acceptors (Lipinski definition) is 7. The smallest absolute Gasteiger partial charge is 0.410 e. The molecule has 11 heteroatoms. The summed E-state index contributed by atoms with van der Waals surface area (Å²) in [6, 6.07) is 1.58. The van der Waals surface area contributed by atoms with Gasteiger partial charge in [0.05, 0.1) is 33.6 Å². The van der Waals surface area contributed by atoms with E-state index in [0.717, 1.165) is 5.39 Å². The van der Waals surface area contributed by atoms with Gasteiger partial charge in [0.1, 0.15) is 18.0 Å². The highest BCUT2D eigenvalue weighted by Crippen LogP contribution is 2.45. The summed E-state index contributed by atoms with van der Waals surface area (Å²) in [5.74, 6) is 1.09. The van der Waals surface area contributed by atoms with Crippen LogP contribution in [-0.2, 0) is 16.0 Å². The third-order valence-corrected chi connectivity index (χ3v) is 8.13. The molecule has 190 valence electrons. The Bertz CT molecular complexity index is 1260. The van der Waals surface area contributed by atoms with Crippen molar-refractivity contribution < 1.29 is 19.0 Å². The molecule has 0 N–H and O–H groups in total. The predicted octanol–water partition coefficient (Wildman–Crippen LogP) is 4.06. The van der Waals surface area contributed by atoms with Crippen LogP contribution in [0.25, 0.3) is 10.9 Å². The molecule has 1 spiro atoms. The van der Waals surface area contributed by atoms with E-state index in [4.69, 9.17) is 25.8 Å². The van der Waals surface area contributed by atoms with Gasteiger partial charge in [-0.3, -0.25) is 4.57 Å². The van der Waals surface area contributed by atoms with Crippen LogP contribution in [0.1, 0.15) is 34.6 Å². The van der Waals surface area contributed by atoms with E-state index in [-0.39, 0.29) is 29.3 Å². The van der Waals surface area contributed by atoms with E-state index in [1.165, 1.54) is 0 Å². The van der Waals surface area contributed by atoms with Gasteiger partial charge in [-0.25, -0.2) is 9.59 Å². The summed E-state index contributed by atoms with van der Waals surface area (Å²) in [6.07, 6.45) is -0.341. The first-order chi connectivity index (χ1) is 16.4. The fourth-order valence-electron chi connectivity index (χ4n) is 5.00. The molecule has 0 saturated carbocycles. The third-order valence-electron chi connectivity index (χ3n) is 6.81. The van der Waals surface area contributed by atoms with Gasteiger partial charge in [0, 0.05) is 37.1 Å². The maximum Gasteiger partial charge on any atom is 0.410 e. The quantitative estimate of drug-likeness (QED) is 0.512. The molecule has 2 atom stereocenters. The molecule has 3 aliphatic rings. The lowest BCUT2D eigenvalue weighted by Gasteiger charge is -2.45. The van der Waals surface area contributed by atoms with Gasteiger partial charge in [-0.1, -0.05) is 11.6 Å². The number of anilines is 1. The highest BCUT2D eigenvalue weighted by molar-refractivity contribution is 9.10. The van der Waals surface area contributed by atoms with Gasteiger partial charge >= 0.3 is 11.8 Å². The zero-order chi connectivity index (χ0) is 25.3. The molecule has 1 aromatic carbocycles. The van der Waals surface area contributed by atoms with Gasteiger partial charge < -0.3 is 24.0 Å². The van der Waals surface area contributed by atoms with Crippen LogP contribution in [-0.4, -0.2) is 71.1 Å². The number of ether oxygens (including phenoxy) is 3. The SMILES string of the molecule is C[C@@H]1CN(c2nc(=O)n3c4c(c(Br)c(Cl)cc24)OCC2(COC2)C3)[C@@H](C)CN1C(=O)OC(C)(C)C. The molecule has 35 heavy (non-hydrogen) atoms. The number of halogens is 2. The number of nitrogens with zero attached hydrogens (tertiary/aromatic N) is 4. The van der Waals surface area contributed by atoms with Crippen LogP contribution in [0.3, 0.4) is 0 Å². The molecule has 9 nitrogen and oxygen atoms in total. The average molecular weight is 570 g/mol. The lowest BCUT2D eigenvalue weighted by molar-refractivity contribution is -0.137. The number of rotatable bonds is 1. The van der Waals surface area contributed by atoms with Crippen LogP contribution in [0.4, 0.5) is 10.6 Å². The van der Waals surface area contributed by atoms with Crippen LogP contribution in [0.5, 0.6) is 5.75 Å². The Hall–Kier alpha value is -2.04. The summed E-state index contributed by atoms with van der Waals surface area (Å²) in [6.45, 7) is 12.4. The van der Waals surface area contributed by atoms with Crippen LogP contribution in [0.2, 0.25) is 5.02 Å². The molecule has 0 bridgehead atoms. The molecule has 1 amide bonds. The number of amides is 1. The highest BCUT2D eigenvalue weighted by atomic mass is 79.9. The Balaban J connectivity index is 1.57. The molecule has 0 radical (unpaired) electrons. The minimum Gasteiger partial charge on any atom is -0.489 e. The normalized spacial score (nSPS) is 23.6. The summed E-state index contributed by atoms with van der Waals surface area (Å²) >= 11 is 10.2. The van der Waals surface area contributed by atoms with Gasteiger partial charge in [0.2, 0.25) is 0 Å². The Kier molecular flexibility index (Phi) is 6.00. The lowest BCUT2D eigenvalue weighted by Crippen LogP contribution is -2.59. The largest absolute Gasteiger partial charge is 0.489 e. The van der Waals surface area contributed by atoms with Crippen LogP contribution < -0.4 is 15.3 Å². The molecular weight excluding hydrogens is 540 g/mol. The zero-order valence-corrected chi connectivity index (χ0v) is 22.9. The zero-order valence-electron chi connectivity index (χ0n) is 20.6. The van der Waals surface area contributed by atoms with E-state index in [1.54, 1.807) is 9.47 Å². The standard InChI is InChI=1S/C24H30BrClN4O5/c1-13-8-29(22(32)35-23(3,4)5)14(2)7-28(13)20-15-6-16(26)17(25)19-18(15)30(21(31)27-20)9-24(12-34-19)10-33-11-24/h6,13-14H,7-12H2,1-5H3/t13-,14+/m0/s1. The highest BCUT2D eigenvalue weighted by Gasteiger charge is 2.44. The van der Waals surface area contributed by atoms with Gasteiger partial charge in [0.15, 0.2) is 5.75 Å². The lowest BCUT2D eigenvalue weighted by atomic mass is 9.87. The second-order valence-corrected chi connectivity index (χ2v) is 12.2. The summed E-state index contributed by atoms with van der Waals surface area (Å²) in [4.78, 5) is 34.6. The maximum absolute atomic E-state index is 13.4. The van der Waals surface area contributed by atoms with Crippen molar-refractivity contribution in [3.05, 3.63) is 26.0 Å². The van der Waals surface area contributed by atoms with E-state index in [2.05, 4.69) is 25.8 Å². The summed E-state index contributed by atoms with van der Waals surface area (Å²) in [7, 11) is 0. The van der Waals surface area contributed by atoms with Crippen molar-refractivity contribution in [3.63, 3.8) is 0 Å². The van der Waals surface area contributed by atoms with Crippen LogP contribution in [0.15, 0.2) is 15.3 Å². The van der Waals surface area contributed by atoms with Gasteiger partial charge in [-0.05, 0) is 56.6 Å². The number of aromatic nitrogens is 2. The minimum atomic E-state index is -0.574. The van der Waals surface area contributed by atoms with Crippen molar-refractivity contribution in [1.82, 2.24) is 14.5 Å². The maximum atomic E-state index is 13.4. The molecule has 3 aliphatic heterocycles. The van der Waals surface area contributed by atoms with E-state index in [9.17, 15) is 9.59 Å². The Labute approximate surface area is 217 Å². The van der Waals surface area contributed by atoms with Crippen molar-refractivity contribution in [1.29, 1.82) is 0 Å². The Morgan fingerprint density at radius 2 is 1.94 bits per heavy atom. The molecule has 2 aromatic rings. The van der Waals surface area contributed by atoms with Crippen molar-refractivity contribution in [2.24, 2.45) is 5.41 Å². The molecule has 2 fully saturated rings. The molecule has 0 aliphatic carbocycles. The number of hydrogen-bond donors (Lipinski definition) is 0. The number of carbonyl (C=O) groups is 1. The third kappa shape index (κ3) is 4.27. The first-order valence-corrected chi connectivity index (χ1v) is 13.0. The molecular formula is C24H30BrClN4O5. The fraction of sp³-hybridized carbons (Fsp3) is 0.625. The van der Waals surface area contributed by atoms with Crippen molar-refractivity contribution in [3.8, 4) is 5.75 Å². The Morgan fingerprint density at radius 1 is 1.23 bits per heavy atom. The van der Waals surface area contributed by atoms with E-state index >= 15 is 0 Å². The molecule has 2 saturated heterocycles. The first-order valence-electron chi connectivity index (χ1n) is 11.8. The molecule has 4 heterocycles. The van der Waals surface area contributed by atoms with Crippen molar-refractivity contribution >= 4 is 50.3 Å². The second-order valence-electron chi connectivity index (χ2n) is 11.0. The van der Waals surface area contributed by atoms with E-state index in [0.29, 0.717) is 66.0 Å². The average Bonchev–Trinajstić information content (AvgIpc) is 2.93. The number of piperazine rings is 1. The van der Waals surface area contributed by atoms with Crippen molar-refractivity contribution in [2.75, 3.05) is 37.8 Å². The fourth-order valence-corrected chi connectivity index (χ4v) is 5.62. The molecule has 1 aromatic heterocycles.